The van der Waals surface area contributed by atoms with Crippen molar-refractivity contribution in [2.45, 2.75) is 0 Å². The maximum Gasteiger partial charge on any atom is 0.323 e. The largest absolute Gasteiger partial charge is 0.480 e. The standard InChI is InChI=1S/C12H14ClN3O4/c1-14-10(17)6-15-12(20)16(7-11(18)19)9-4-2-3-8(13)5-9/h2-5H,6-7H2,1H3,(H,14,17)(H,15,20)(H,18,19). The smallest absolute Gasteiger partial charge is 0.323 e. The number of benzene rings is 1. The summed E-state index contributed by atoms with van der Waals surface area (Å²) in [5.41, 5.74) is 0.328. The summed E-state index contributed by atoms with van der Waals surface area (Å²) in [6.07, 6.45) is 0. The van der Waals surface area contributed by atoms with Gasteiger partial charge in [-0.15, -0.1) is 0 Å². The number of carboxylic acid groups (broad SMARTS) is 1. The number of likely N-dealkylation sites (N-methyl/N-ethyl adjacent to an activating group) is 1. The van der Waals surface area contributed by atoms with E-state index in [1.54, 1.807) is 18.2 Å². The molecule has 108 valence electrons. The molecule has 0 unspecified atom stereocenters. The van der Waals surface area contributed by atoms with E-state index in [1.165, 1.54) is 13.1 Å². The molecule has 0 aliphatic carbocycles. The normalized spacial score (nSPS) is 9.70. The van der Waals surface area contributed by atoms with Crippen molar-refractivity contribution in [3.05, 3.63) is 29.3 Å². The van der Waals surface area contributed by atoms with Gasteiger partial charge in [-0.3, -0.25) is 14.5 Å². The number of nitrogens with one attached hydrogen (secondary N) is 2. The zero-order valence-corrected chi connectivity index (χ0v) is 11.5. The molecule has 0 aliphatic heterocycles. The van der Waals surface area contributed by atoms with Crippen LogP contribution in [-0.2, 0) is 9.59 Å². The Kier molecular flexibility index (Phi) is 5.79. The molecule has 3 amide bonds. The number of carbonyl (C=O) groups excluding carboxylic acids is 2. The average Bonchev–Trinajstić information content (AvgIpc) is 2.41. The number of aliphatic carboxylic acids is 1. The molecule has 0 aromatic heterocycles. The SMILES string of the molecule is CNC(=O)CNC(=O)N(CC(=O)O)c1cccc(Cl)c1. The average molecular weight is 300 g/mol. The number of carbonyl (C=O) groups is 3. The molecule has 7 nitrogen and oxygen atoms in total. The second-order valence-electron chi connectivity index (χ2n) is 3.79. The van der Waals surface area contributed by atoms with E-state index in [9.17, 15) is 14.4 Å². The molecule has 0 saturated heterocycles. The fraction of sp³-hybridized carbons (Fsp3) is 0.250. The van der Waals surface area contributed by atoms with Gasteiger partial charge in [-0.2, -0.15) is 0 Å². The van der Waals surface area contributed by atoms with Crippen LogP contribution in [0.4, 0.5) is 10.5 Å². The van der Waals surface area contributed by atoms with Crippen molar-refractivity contribution in [1.29, 1.82) is 0 Å². The van der Waals surface area contributed by atoms with E-state index < -0.39 is 18.5 Å². The first-order valence-corrected chi connectivity index (χ1v) is 6.05. The first-order valence-electron chi connectivity index (χ1n) is 5.67. The number of carboxylic acids is 1. The predicted octanol–water partition coefficient (Wildman–Crippen LogP) is 0.687. The number of hydrogen-bond donors (Lipinski definition) is 3. The van der Waals surface area contributed by atoms with Gasteiger partial charge in [-0.1, -0.05) is 17.7 Å². The quantitative estimate of drug-likeness (QED) is 0.745. The number of hydrogen-bond acceptors (Lipinski definition) is 3. The third kappa shape index (κ3) is 4.77. The van der Waals surface area contributed by atoms with Crippen LogP contribution in [0.15, 0.2) is 24.3 Å². The minimum absolute atomic E-state index is 0.244. The van der Waals surface area contributed by atoms with Crippen molar-refractivity contribution in [2.24, 2.45) is 0 Å². The summed E-state index contributed by atoms with van der Waals surface area (Å²) < 4.78 is 0. The zero-order valence-electron chi connectivity index (χ0n) is 10.7. The van der Waals surface area contributed by atoms with E-state index in [2.05, 4.69) is 10.6 Å². The fourth-order valence-electron chi connectivity index (χ4n) is 1.40. The highest BCUT2D eigenvalue weighted by Crippen LogP contribution is 2.19. The Morgan fingerprint density at radius 2 is 2.05 bits per heavy atom. The first kappa shape index (κ1) is 15.8. The maximum absolute atomic E-state index is 11.9. The Morgan fingerprint density at radius 1 is 1.35 bits per heavy atom. The summed E-state index contributed by atoms with van der Waals surface area (Å²) in [4.78, 5) is 34.8. The molecule has 1 rings (SSSR count). The molecule has 3 N–H and O–H groups in total. The Morgan fingerprint density at radius 3 is 2.60 bits per heavy atom. The van der Waals surface area contributed by atoms with Crippen LogP contribution >= 0.6 is 11.6 Å². The Labute approximate surface area is 120 Å². The van der Waals surface area contributed by atoms with Crippen LogP contribution in [0.2, 0.25) is 5.02 Å². The summed E-state index contributed by atoms with van der Waals surface area (Å²) in [5, 5.41) is 13.9. The van der Waals surface area contributed by atoms with Gasteiger partial charge in [0.25, 0.3) is 0 Å². The maximum atomic E-state index is 11.9. The third-order valence-corrected chi connectivity index (χ3v) is 2.57. The Balaban J connectivity index is 2.86. The van der Waals surface area contributed by atoms with Crippen LogP contribution in [-0.4, -0.2) is 43.2 Å². The van der Waals surface area contributed by atoms with Gasteiger partial charge in [0, 0.05) is 17.8 Å². The van der Waals surface area contributed by atoms with E-state index in [-0.39, 0.29) is 12.5 Å². The molecule has 8 heteroatoms. The summed E-state index contributed by atoms with van der Waals surface area (Å²) in [6.45, 7) is -0.786. The van der Waals surface area contributed by atoms with Crippen molar-refractivity contribution in [1.82, 2.24) is 10.6 Å². The van der Waals surface area contributed by atoms with Gasteiger partial charge in [0.2, 0.25) is 5.91 Å². The van der Waals surface area contributed by atoms with Crippen LogP contribution in [0.5, 0.6) is 0 Å². The molecule has 1 aromatic rings. The summed E-state index contributed by atoms with van der Waals surface area (Å²) in [6, 6.07) is 5.52. The molecule has 0 spiro atoms. The lowest BCUT2D eigenvalue weighted by atomic mass is 10.3. The highest BCUT2D eigenvalue weighted by atomic mass is 35.5. The Bertz CT molecular complexity index is 521. The summed E-state index contributed by atoms with van der Waals surface area (Å²) >= 11 is 5.81. The number of nitrogens with zero attached hydrogens (tertiary/aromatic N) is 1. The second kappa shape index (κ2) is 7.34. The van der Waals surface area contributed by atoms with E-state index in [0.29, 0.717) is 10.7 Å². The lowest BCUT2D eigenvalue weighted by Gasteiger charge is -2.21. The predicted molar refractivity (Wildman–Crippen MR) is 73.9 cm³/mol. The number of urea groups is 1. The molecule has 20 heavy (non-hydrogen) atoms. The van der Waals surface area contributed by atoms with Gasteiger partial charge in [-0.05, 0) is 18.2 Å². The number of anilines is 1. The van der Waals surface area contributed by atoms with E-state index in [4.69, 9.17) is 16.7 Å². The van der Waals surface area contributed by atoms with Gasteiger partial charge in [0.15, 0.2) is 0 Å². The van der Waals surface area contributed by atoms with Crippen molar-refractivity contribution < 1.29 is 19.5 Å². The van der Waals surface area contributed by atoms with Gasteiger partial charge >= 0.3 is 12.0 Å². The van der Waals surface area contributed by atoms with Crippen LogP contribution < -0.4 is 15.5 Å². The van der Waals surface area contributed by atoms with Gasteiger partial charge in [0.05, 0.1) is 6.54 Å². The molecule has 0 fully saturated rings. The second-order valence-corrected chi connectivity index (χ2v) is 4.23. The molecule has 1 aromatic carbocycles. The van der Waals surface area contributed by atoms with Gasteiger partial charge < -0.3 is 15.7 Å². The molecular weight excluding hydrogens is 286 g/mol. The van der Waals surface area contributed by atoms with Crippen LogP contribution in [0, 0.1) is 0 Å². The van der Waals surface area contributed by atoms with Crippen molar-refractivity contribution >= 4 is 35.2 Å². The molecular formula is C12H14ClN3O4. The summed E-state index contributed by atoms with van der Waals surface area (Å²) in [5.74, 6) is -1.57. The van der Waals surface area contributed by atoms with E-state index in [1.807, 2.05) is 0 Å². The minimum atomic E-state index is -1.18. The minimum Gasteiger partial charge on any atom is -0.480 e. The first-order chi connectivity index (χ1) is 9.43. The molecule has 0 radical (unpaired) electrons. The molecule has 0 heterocycles. The Hall–Kier alpha value is -2.28. The van der Waals surface area contributed by atoms with E-state index in [0.717, 1.165) is 4.90 Å². The van der Waals surface area contributed by atoms with Crippen LogP contribution in [0.1, 0.15) is 0 Å². The third-order valence-electron chi connectivity index (χ3n) is 2.34. The van der Waals surface area contributed by atoms with E-state index >= 15 is 0 Å². The molecule has 0 saturated carbocycles. The lowest BCUT2D eigenvalue weighted by Crippen LogP contribution is -2.46. The number of halogens is 1. The topological polar surface area (TPSA) is 98.7 Å². The van der Waals surface area contributed by atoms with Crippen LogP contribution in [0.25, 0.3) is 0 Å². The monoisotopic (exact) mass is 299 g/mol. The van der Waals surface area contributed by atoms with Gasteiger partial charge in [0.1, 0.15) is 6.54 Å². The fourth-order valence-corrected chi connectivity index (χ4v) is 1.58. The number of rotatable bonds is 5. The highest BCUT2D eigenvalue weighted by molar-refractivity contribution is 6.30. The number of amides is 3. The van der Waals surface area contributed by atoms with Gasteiger partial charge in [-0.25, -0.2) is 4.79 Å². The lowest BCUT2D eigenvalue weighted by molar-refractivity contribution is -0.135. The highest BCUT2D eigenvalue weighted by Gasteiger charge is 2.19. The van der Waals surface area contributed by atoms with Crippen molar-refractivity contribution in [2.75, 3.05) is 25.0 Å². The zero-order chi connectivity index (χ0) is 15.1. The molecule has 0 aliphatic rings. The van der Waals surface area contributed by atoms with Crippen LogP contribution in [0.3, 0.4) is 0 Å². The van der Waals surface area contributed by atoms with Crippen molar-refractivity contribution in [3.8, 4) is 0 Å². The molecule has 0 bridgehead atoms. The van der Waals surface area contributed by atoms with Crippen molar-refractivity contribution in [3.63, 3.8) is 0 Å². The summed E-state index contributed by atoms with van der Waals surface area (Å²) in [7, 11) is 1.43. The molecule has 0 atom stereocenters.